The molecule has 0 radical (unpaired) electrons. The van der Waals surface area contributed by atoms with Gasteiger partial charge in [0.05, 0.1) is 18.8 Å². The monoisotopic (exact) mass is 513 g/mol. The third-order valence-electron chi connectivity index (χ3n) is 5.23. The fourth-order valence-corrected chi connectivity index (χ4v) is 3.57. The molecule has 1 aliphatic rings. The van der Waals surface area contributed by atoms with Gasteiger partial charge in [0.15, 0.2) is 5.96 Å². The number of halogens is 1. The standard InChI is InChI=1S/C20H31N7O.HI/c1-16-18(17(2)27(24-16)13-14-28-4)15-23-20(21-3)26-11-9-25(10-12-26)19-7-5-6-8-22-19;/h5-8H,9-15H2,1-4H3,(H,21,23);1H. The van der Waals surface area contributed by atoms with Crippen LogP contribution in [0.15, 0.2) is 29.4 Å². The fourth-order valence-electron chi connectivity index (χ4n) is 3.57. The highest BCUT2D eigenvalue weighted by Crippen LogP contribution is 2.15. The molecule has 0 aliphatic carbocycles. The van der Waals surface area contributed by atoms with Crippen molar-refractivity contribution in [3.63, 3.8) is 0 Å². The number of piperazine rings is 1. The number of methoxy groups -OCH3 is 1. The summed E-state index contributed by atoms with van der Waals surface area (Å²) in [5.41, 5.74) is 3.46. The van der Waals surface area contributed by atoms with Gasteiger partial charge in [-0.15, -0.1) is 24.0 Å². The Hall–Kier alpha value is -1.88. The van der Waals surface area contributed by atoms with E-state index < -0.39 is 0 Å². The fraction of sp³-hybridized carbons (Fsp3) is 0.550. The molecule has 0 amide bonds. The first-order valence-corrected chi connectivity index (χ1v) is 9.77. The van der Waals surface area contributed by atoms with Gasteiger partial charge >= 0.3 is 0 Å². The number of nitrogens with one attached hydrogen (secondary N) is 1. The van der Waals surface area contributed by atoms with Gasteiger partial charge in [0, 0.05) is 64.3 Å². The van der Waals surface area contributed by atoms with Gasteiger partial charge in [-0.2, -0.15) is 5.10 Å². The molecule has 1 aliphatic heterocycles. The van der Waals surface area contributed by atoms with E-state index in [9.17, 15) is 0 Å². The Kier molecular flexibility index (Phi) is 9.15. The van der Waals surface area contributed by atoms with Gasteiger partial charge in [-0.05, 0) is 26.0 Å². The molecule has 9 heteroatoms. The van der Waals surface area contributed by atoms with E-state index in [2.05, 4.69) is 50.1 Å². The van der Waals surface area contributed by atoms with Gasteiger partial charge in [-0.25, -0.2) is 4.98 Å². The maximum Gasteiger partial charge on any atom is 0.194 e. The number of anilines is 1. The second-order valence-electron chi connectivity index (χ2n) is 6.93. The third-order valence-corrected chi connectivity index (χ3v) is 5.23. The smallest absolute Gasteiger partial charge is 0.194 e. The number of nitrogens with zero attached hydrogens (tertiary/aromatic N) is 6. The van der Waals surface area contributed by atoms with Crippen molar-refractivity contribution in [1.82, 2.24) is 25.0 Å². The summed E-state index contributed by atoms with van der Waals surface area (Å²) in [5, 5.41) is 8.16. The number of aromatic nitrogens is 3. The topological polar surface area (TPSA) is 70.8 Å². The van der Waals surface area contributed by atoms with Crippen molar-refractivity contribution in [2.75, 3.05) is 51.8 Å². The second kappa shape index (κ2) is 11.3. The number of pyridine rings is 1. The summed E-state index contributed by atoms with van der Waals surface area (Å²) in [5.74, 6) is 1.98. The number of hydrogen-bond acceptors (Lipinski definition) is 5. The summed E-state index contributed by atoms with van der Waals surface area (Å²) >= 11 is 0. The van der Waals surface area contributed by atoms with Crippen molar-refractivity contribution < 1.29 is 4.74 Å². The first-order valence-electron chi connectivity index (χ1n) is 9.77. The summed E-state index contributed by atoms with van der Waals surface area (Å²) < 4.78 is 7.19. The SMILES string of the molecule is CN=C(NCc1c(C)nn(CCOC)c1C)N1CCN(c2ccccn2)CC1.I. The number of guanidine groups is 1. The zero-order valence-electron chi connectivity index (χ0n) is 17.8. The molecule has 0 bridgehead atoms. The van der Waals surface area contributed by atoms with Gasteiger partial charge in [-0.1, -0.05) is 6.07 Å². The summed E-state index contributed by atoms with van der Waals surface area (Å²) in [6, 6.07) is 6.05. The highest BCUT2D eigenvalue weighted by Gasteiger charge is 2.21. The average molecular weight is 513 g/mol. The minimum atomic E-state index is 0. The van der Waals surface area contributed by atoms with Crippen molar-refractivity contribution >= 4 is 35.8 Å². The molecule has 1 fully saturated rings. The Morgan fingerprint density at radius 2 is 1.97 bits per heavy atom. The number of aliphatic imine (C=N–C) groups is 1. The molecule has 29 heavy (non-hydrogen) atoms. The van der Waals surface area contributed by atoms with E-state index in [1.54, 1.807) is 7.11 Å². The van der Waals surface area contributed by atoms with E-state index in [1.807, 2.05) is 30.1 Å². The number of ether oxygens (including phenoxy) is 1. The van der Waals surface area contributed by atoms with E-state index in [0.29, 0.717) is 6.61 Å². The predicted molar refractivity (Wildman–Crippen MR) is 127 cm³/mol. The van der Waals surface area contributed by atoms with E-state index in [4.69, 9.17) is 4.74 Å². The number of rotatable bonds is 6. The van der Waals surface area contributed by atoms with Gasteiger partial charge in [0.25, 0.3) is 0 Å². The van der Waals surface area contributed by atoms with E-state index in [0.717, 1.165) is 56.7 Å². The van der Waals surface area contributed by atoms with Crippen LogP contribution in [0.25, 0.3) is 0 Å². The van der Waals surface area contributed by atoms with Crippen LogP contribution in [-0.2, 0) is 17.8 Å². The zero-order chi connectivity index (χ0) is 19.9. The van der Waals surface area contributed by atoms with Crippen LogP contribution in [0.3, 0.4) is 0 Å². The van der Waals surface area contributed by atoms with Gasteiger partial charge < -0.3 is 19.9 Å². The molecule has 0 spiro atoms. The second-order valence-corrected chi connectivity index (χ2v) is 6.93. The van der Waals surface area contributed by atoms with Gasteiger partial charge in [0.2, 0.25) is 0 Å². The lowest BCUT2D eigenvalue weighted by atomic mass is 10.2. The van der Waals surface area contributed by atoms with Crippen LogP contribution < -0.4 is 10.2 Å². The summed E-state index contributed by atoms with van der Waals surface area (Å²) in [4.78, 5) is 13.6. The molecule has 8 nitrogen and oxygen atoms in total. The summed E-state index contributed by atoms with van der Waals surface area (Å²) in [6.45, 7) is 10.0. The molecule has 2 aromatic rings. The van der Waals surface area contributed by atoms with Crippen molar-refractivity contribution in [3.8, 4) is 0 Å². The number of hydrogen-bond donors (Lipinski definition) is 1. The first kappa shape index (κ1) is 23.4. The molecule has 0 atom stereocenters. The minimum Gasteiger partial charge on any atom is -0.383 e. The van der Waals surface area contributed by atoms with Crippen molar-refractivity contribution in [3.05, 3.63) is 41.3 Å². The van der Waals surface area contributed by atoms with Crippen molar-refractivity contribution in [1.29, 1.82) is 0 Å². The zero-order valence-corrected chi connectivity index (χ0v) is 20.1. The third kappa shape index (κ3) is 5.81. The van der Waals surface area contributed by atoms with Crippen molar-refractivity contribution in [2.24, 2.45) is 4.99 Å². The van der Waals surface area contributed by atoms with E-state index in [1.165, 1.54) is 11.3 Å². The average Bonchev–Trinajstić information content (AvgIpc) is 3.01. The van der Waals surface area contributed by atoms with Gasteiger partial charge in [0.1, 0.15) is 5.82 Å². The Bertz CT molecular complexity index is 786. The molecule has 1 saturated heterocycles. The van der Waals surface area contributed by atoms with Crippen LogP contribution >= 0.6 is 24.0 Å². The molecule has 160 valence electrons. The Balaban J connectivity index is 0.00000300. The molecular weight excluding hydrogens is 481 g/mol. The molecule has 0 unspecified atom stereocenters. The van der Waals surface area contributed by atoms with Gasteiger partial charge in [-0.3, -0.25) is 9.67 Å². The van der Waals surface area contributed by atoms with Crippen LogP contribution in [0, 0.1) is 13.8 Å². The van der Waals surface area contributed by atoms with Crippen LogP contribution in [-0.4, -0.2) is 72.6 Å². The maximum atomic E-state index is 5.17. The minimum absolute atomic E-state index is 0. The quantitative estimate of drug-likeness (QED) is 0.363. The maximum absolute atomic E-state index is 5.17. The Labute approximate surface area is 190 Å². The van der Waals surface area contributed by atoms with E-state index >= 15 is 0 Å². The summed E-state index contributed by atoms with van der Waals surface area (Å²) in [6.07, 6.45) is 1.85. The molecule has 2 aromatic heterocycles. The largest absolute Gasteiger partial charge is 0.383 e. The lowest BCUT2D eigenvalue weighted by Gasteiger charge is -2.37. The molecule has 0 saturated carbocycles. The van der Waals surface area contributed by atoms with Crippen LogP contribution in [0.2, 0.25) is 0 Å². The highest BCUT2D eigenvalue weighted by molar-refractivity contribution is 14.0. The Morgan fingerprint density at radius 3 is 2.59 bits per heavy atom. The molecule has 0 aromatic carbocycles. The molecule has 3 rings (SSSR count). The van der Waals surface area contributed by atoms with Crippen LogP contribution in [0.5, 0.6) is 0 Å². The van der Waals surface area contributed by atoms with Crippen LogP contribution in [0.4, 0.5) is 5.82 Å². The first-order chi connectivity index (χ1) is 13.6. The lowest BCUT2D eigenvalue weighted by molar-refractivity contribution is 0.182. The Morgan fingerprint density at radius 1 is 1.21 bits per heavy atom. The van der Waals surface area contributed by atoms with E-state index in [-0.39, 0.29) is 24.0 Å². The predicted octanol–water partition coefficient (Wildman–Crippen LogP) is 2.06. The lowest BCUT2D eigenvalue weighted by Crippen LogP contribution is -2.52. The number of aryl methyl sites for hydroxylation is 1. The van der Waals surface area contributed by atoms with Crippen LogP contribution in [0.1, 0.15) is 17.0 Å². The normalized spacial score (nSPS) is 14.7. The highest BCUT2D eigenvalue weighted by atomic mass is 127. The van der Waals surface area contributed by atoms with Crippen molar-refractivity contribution in [2.45, 2.75) is 26.9 Å². The molecule has 3 heterocycles. The summed E-state index contributed by atoms with van der Waals surface area (Å²) in [7, 11) is 3.56. The molecule has 1 N–H and O–H groups in total. The molecular formula is C20H32IN7O.